The zero-order valence-electron chi connectivity index (χ0n) is 14.7. The van der Waals surface area contributed by atoms with E-state index in [-0.39, 0.29) is 0 Å². The van der Waals surface area contributed by atoms with Crippen molar-refractivity contribution >= 4 is 5.82 Å². The second-order valence-electron chi connectivity index (χ2n) is 7.00. The normalized spacial score (nSPS) is 21.2. The van der Waals surface area contributed by atoms with Gasteiger partial charge in [0.1, 0.15) is 0 Å². The number of likely N-dealkylation sites (tertiary alicyclic amines) is 1. The van der Waals surface area contributed by atoms with E-state index in [9.17, 15) is 5.11 Å². The summed E-state index contributed by atoms with van der Waals surface area (Å²) in [6, 6.07) is 12.4. The number of benzene rings is 1. The molecule has 0 aliphatic carbocycles. The molecule has 3 rings (SSSR count). The molecule has 128 valence electrons. The highest BCUT2D eigenvalue weighted by Gasteiger charge is 2.37. The van der Waals surface area contributed by atoms with Crippen molar-refractivity contribution in [2.75, 3.05) is 31.6 Å². The number of hydrogen-bond acceptors (Lipinski definition) is 5. The monoisotopic (exact) mass is 326 g/mol. The molecule has 1 aromatic heterocycles. The topological polar surface area (TPSA) is 52.5 Å². The molecule has 2 aromatic rings. The molecule has 1 unspecified atom stereocenters. The Morgan fingerprint density at radius 2 is 1.96 bits per heavy atom. The first-order valence-corrected chi connectivity index (χ1v) is 8.46. The Hall–Kier alpha value is -1.98. The first kappa shape index (κ1) is 16.9. The fourth-order valence-corrected chi connectivity index (χ4v) is 3.29. The average Bonchev–Trinajstić information content (AvgIpc) is 2.91. The van der Waals surface area contributed by atoms with Gasteiger partial charge in [-0.2, -0.15) is 5.10 Å². The third-order valence-electron chi connectivity index (χ3n) is 4.80. The van der Waals surface area contributed by atoms with Gasteiger partial charge < -0.3 is 10.0 Å². The lowest BCUT2D eigenvalue weighted by Crippen LogP contribution is -2.44. The van der Waals surface area contributed by atoms with Gasteiger partial charge in [0.2, 0.25) is 0 Å². The first-order valence-electron chi connectivity index (χ1n) is 8.46. The van der Waals surface area contributed by atoms with Crippen LogP contribution in [0.3, 0.4) is 0 Å². The summed E-state index contributed by atoms with van der Waals surface area (Å²) in [7, 11) is 1.97. The third kappa shape index (κ3) is 3.91. The molecule has 1 atom stereocenters. The van der Waals surface area contributed by atoms with Gasteiger partial charge >= 0.3 is 0 Å². The summed E-state index contributed by atoms with van der Waals surface area (Å²) in [5.41, 5.74) is 2.65. The van der Waals surface area contributed by atoms with Crippen molar-refractivity contribution in [2.24, 2.45) is 0 Å². The number of aromatic nitrogens is 2. The molecular formula is C19H26N4O. The van der Waals surface area contributed by atoms with Gasteiger partial charge in [0, 0.05) is 33.2 Å². The maximum Gasteiger partial charge on any atom is 0.151 e. The molecule has 5 nitrogen and oxygen atoms in total. The van der Waals surface area contributed by atoms with Crippen molar-refractivity contribution in [1.82, 2.24) is 15.1 Å². The molecule has 1 saturated heterocycles. The maximum atomic E-state index is 11.0. The van der Waals surface area contributed by atoms with Crippen molar-refractivity contribution in [2.45, 2.75) is 32.4 Å². The Morgan fingerprint density at radius 3 is 2.67 bits per heavy atom. The molecule has 1 N–H and O–H groups in total. The Bertz CT molecular complexity index is 691. The van der Waals surface area contributed by atoms with Crippen LogP contribution in [0.2, 0.25) is 0 Å². The molecular weight excluding hydrogens is 300 g/mol. The Kier molecular flexibility index (Phi) is 4.83. The largest absolute Gasteiger partial charge is 0.387 e. The Morgan fingerprint density at radius 1 is 1.21 bits per heavy atom. The third-order valence-corrected chi connectivity index (χ3v) is 4.80. The minimum atomic E-state index is -0.704. The standard InChI is InChI=1S/C19H26N4O/c1-15-11-18(21-20-16(15)2)22(3)13-19(24)9-10-23(14-19)12-17-7-5-4-6-8-17/h4-8,11,24H,9-10,12-14H2,1-3H3. The summed E-state index contributed by atoms with van der Waals surface area (Å²) >= 11 is 0. The fraction of sp³-hybridized carbons (Fsp3) is 0.474. The molecule has 1 aromatic carbocycles. The van der Waals surface area contributed by atoms with Crippen LogP contribution in [0.1, 0.15) is 23.2 Å². The van der Waals surface area contributed by atoms with Crippen molar-refractivity contribution in [3.8, 4) is 0 Å². The number of aliphatic hydroxyl groups is 1. The lowest BCUT2D eigenvalue weighted by molar-refractivity contribution is 0.0561. The van der Waals surface area contributed by atoms with Crippen LogP contribution < -0.4 is 4.90 Å². The summed E-state index contributed by atoms with van der Waals surface area (Å²) in [5, 5.41) is 19.4. The van der Waals surface area contributed by atoms with E-state index in [1.165, 1.54) is 5.56 Å². The molecule has 1 aliphatic heterocycles. The molecule has 2 heterocycles. The van der Waals surface area contributed by atoms with E-state index in [1.54, 1.807) is 0 Å². The molecule has 24 heavy (non-hydrogen) atoms. The van der Waals surface area contributed by atoms with Gasteiger partial charge in [-0.05, 0) is 37.5 Å². The maximum absolute atomic E-state index is 11.0. The summed E-state index contributed by atoms with van der Waals surface area (Å²) in [5.74, 6) is 0.813. The van der Waals surface area contributed by atoms with E-state index in [4.69, 9.17) is 0 Å². The minimum Gasteiger partial charge on any atom is -0.387 e. The molecule has 0 bridgehead atoms. The second-order valence-corrected chi connectivity index (χ2v) is 7.00. The van der Waals surface area contributed by atoms with Gasteiger partial charge in [-0.1, -0.05) is 30.3 Å². The van der Waals surface area contributed by atoms with Crippen molar-refractivity contribution in [3.05, 3.63) is 53.2 Å². The van der Waals surface area contributed by atoms with E-state index in [0.717, 1.165) is 36.6 Å². The highest BCUT2D eigenvalue weighted by Crippen LogP contribution is 2.25. The van der Waals surface area contributed by atoms with Crippen LogP contribution in [0.4, 0.5) is 5.82 Å². The van der Waals surface area contributed by atoms with Crippen LogP contribution >= 0.6 is 0 Å². The van der Waals surface area contributed by atoms with E-state index in [1.807, 2.05) is 37.9 Å². The molecule has 0 spiro atoms. The van der Waals surface area contributed by atoms with Crippen LogP contribution in [-0.2, 0) is 6.54 Å². The molecule has 1 fully saturated rings. The predicted octanol–water partition coefficient (Wildman–Crippen LogP) is 2.17. The van der Waals surface area contributed by atoms with Gasteiger partial charge in [0.15, 0.2) is 5.82 Å². The van der Waals surface area contributed by atoms with Crippen molar-refractivity contribution in [1.29, 1.82) is 0 Å². The summed E-state index contributed by atoms with van der Waals surface area (Å²) in [6.07, 6.45) is 0.780. The number of β-amino-alcohol motifs (C(OH)–C–C–N with tert-alkyl or cyclic N) is 1. The number of hydrogen-bond donors (Lipinski definition) is 1. The number of rotatable bonds is 5. The zero-order valence-corrected chi connectivity index (χ0v) is 14.7. The summed E-state index contributed by atoms with van der Waals surface area (Å²) < 4.78 is 0. The highest BCUT2D eigenvalue weighted by atomic mass is 16.3. The summed E-state index contributed by atoms with van der Waals surface area (Å²) in [4.78, 5) is 4.32. The van der Waals surface area contributed by atoms with Crippen LogP contribution in [0, 0.1) is 13.8 Å². The molecule has 0 radical (unpaired) electrons. The molecule has 0 amide bonds. The predicted molar refractivity (Wildman–Crippen MR) is 96.1 cm³/mol. The van der Waals surface area contributed by atoms with E-state index >= 15 is 0 Å². The van der Waals surface area contributed by atoms with Crippen molar-refractivity contribution < 1.29 is 5.11 Å². The van der Waals surface area contributed by atoms with E-state index in [2.05, 4.69) is 39.4 Å². The Labute approximate surface area is 143 Å². The lowest BCUT2D eigenvalue weighted by Gasteiger charge is -2.29. The van der Waals surface area contributed by atoms with Gasteiger partial charge in [-0.3, -0.25) is 4.90 Å². The zero-order chi connectivity index (χ0) is 17.2. The molecule has 0 saturated carbocycles. The summed E-state index contributed by atoms with van der Waals surface area (Å²) in [6.45, 7) is 7.04. The minimum absolute atomic E-state index is 0.565. The lowest BCUT2D eigenvalue weighted by atomic mass is 10.0. The molecule has 1 aliphatic rings. The second kappa shape index (κ2) is 6.87. The SMILES string of the molecule is Cc1cc(N(C)CC2(O)CCN(Cc3ccccc3)C2)nnc1C. The number of aryl methyl sites for hydroxylation is 2. The highest BCUT2D eigenvalue weighted by molar-refractivity contribution is 5.40. The van der Waals surface area contributed by atoms with Gasteiger partial charge in [-0.15, -0.1) is 5.10 Å². The number of nitrogens with zero attached hydrogens (tertiary/aromatic N) is 4. The van der Waals surface area contributed by atoms with Gasteiger partial charge in [0.25, 0.3) is 0 Å². The van der Waals surface area contributed by atoms with Gasteiger partial charge in [0.05, 0.1) is 11.3 Å². The van der Waals surface area contributed by atoms with Crippen LogP contribution in [-0.4, -0.2) is 52.5 Å². The number of likely N-dealkylation sites (N-methyl/N-ethyl adjacent to an activating group) is 1. The van der Waals surface area contributed by atoms with Crippen LogP contribution in [0.5, 0.6) is 0 Å². The number of anilines is 1. The van der Waals surface area contributed by atoms with Crippen LogP contribution in [0.25, 0.3) is 0 Å². The average molecular weight is 326 g/mol. The fourth-order valence-electron chi connectivity index (χ4n) is 3.29. The first-order chi connectivity index (χ1) is 11.5. The van der Waals surface area contributed by atoms with Crippen molar-refractivity contribution in [3.63, 3.8) is 0 Å². The van der Waals surface area contributed by atoms with Crippen LogP contribution in [0.15, 0.2) is 36.4 Å². The van der Waals surface area contributed by atoms with E-state index in [0.29, 0.717) is 13.1 Å². The quantitative estimate of drug-likeness (QED) is 0.912. The smallest absolute Gasteiger partial charge is 0.151 e. The molecule has 5 heteroatoms. The van der Waals surface area contributed by atoms with E-state index < -0.39 is 5.60 Å². The van der Waals surface area contributed by atoms with Gasteiger partial charge in [-0.25, -0.2) is 0 Å². The Balaban J connectivity index is 1.61.